The van der Waals surface area contributed by atoms with Crippen LogP contribution in [0.5, 0.6) is 5.75 Å². The maximum absolute atomic E-state index is 11.9. The Labute approximate surface area is 159 Å². The van der Waals surface area contributed by atoms with Crippen LogP contribution in [-0.2, 0) is 11.3 Å². The Morgan fingerprint density at radius 2 is 1.80 bits per heavy atom. The van der Waals surface area contributed by atoms with Gasteiger partial charge in [-0.25, -0.2) is 0 Å². The van der Waals surface area contributed by atoms with Gasteiger partial charge < -0.3 is 10.1 Å². The number of nitrogens with one attached hydrogen (secondary N) is 1. The quantitative estimate of drug-likeness (QED) is 0.475. The van der Waals surface area contributed by atoms with Gasteiger partial charge in [-0.15, -0.1) is 11.8 Å². The van der Waals surface area contributed by atoms with Crippen LogP contribution in [0.1, 0.15) is 32.3 Å². The van der Waals surface area contributed by atoms with E-state index in [4.69, 9.17) is 16.3 Å². The SMILES string of the molecule is CC(C)Oc1ccc(CNC(=O)CCCSc2ccc(Cl)cc2)cc1. The first-order valence-electron chi connectivity index (χ1n) is 8.43. The fourth-order valence-corrected chi connectivity index (χ4v) is 3.18. The second kappa shape index (κ2) is 10.4. The molecular formula is C20H24ClNO2S. The minimum atomic E-state index is 0.0826. The van der Waals surface area contributed by atoms with Crippen molar-refractivity contribution >= 4 is 29.3 Å². The van der Waals surface area contributed by atoms with E-state index in [0.717, 1.165) is 28.5 Å². The number of amides is 1. The fourth-order valence-electron chi connectivity index (χ4n) is 2.20. The molecule has 0 radical (unpaired) electrons. The Morgan fingerprint density at radius 3 is 2.44 bits per heavy atom. The highest BCUT2D eigenvalue weighted by Crippen LogP contribution is 2.21. The largest absolute Gasteiger partial charge is 0.491 e. The molecule has 25 heavy (non-hydrogen) atoms. The summed E-state index contributed by atoms with van der Waals surface area (Å²) >= 11 is 7.60. The fraction of sp³-hybridized carbons (Fsp3) is 0.350. The van der Waals surface area contributed by atoms with Crippen molar-refractivity contribution in [2.24, 2.45) is 0 Å². The first kappa shape index (κ1) is 19.7. The lowest BCUT2D eigenvalue weighted by atomic mass is 10.2. The summed E-state index contributed by atoms with van der Waals surface area (Å²) in [6.07, 6.45) is 1.55. The summed E-state index contributed by atoms with van der Waals surface area (Å²) in [5.74, 6) is 1.85. The molecule has 1 amide bonds. The molecule has 5 heteroatoms. The average molecular weight is 378 g/mol. The van der Waals surface area contributed by atoms with Crippen molar-refractivity contribution in [3.05, 3.63) is 59.1 Å². The molecule has 0 bridgehead atoms. The van der Waals surface area contributed by atoms with Crippen LogP contribution in [0.15, 0.2) is 53.4 Å². The zero-order valence-electron chi connectivity index (χ0n) is 14.6. The monoisotopic (exact) mass is 377 g/mol. The molecule has 0 unspecified atom stereocenters. The molecule has 0 spiro atoms. The minimum Gasteiger partial charge on any atom is -0.491 e. The normalized spacial score (nSPS) is 10.7. The molecular weight excluding hydrogens is 354 g/mol. The molecule has 2 aromatic rings. The summed E-state index contributed by atoms with van der Waals surface area (Å²) in [4.78, 5) is 13.1. The standard InChI is InChI=1S/C20H24ClNO2S/c1-15(2)24-18-9-5-16(6-10-18)14-22-20(23)4-3-13-25-19-11-7-17(21)8-12-19/h5-12,15H,3-4,13-14H2,1-2H3,(H,22,23). The second-order valence-electron chi connectivity index (χ2n) is 5.99. The molecule has 0 atom stereocenters. The Hall–Kier alpha value is -1.65. The molecule has 3 nitrogen and oxygen atoms in total. The zero-order chi connectivity index (χ0) is 18.1. The van der Waals surface area contributed by atoms with Gasteiger partial charge in [0.2, 0.25) is 5.91 Å². The topological polar surface area (TPSA) is 38.3 Å². The smallest absolute Gasteiger partial charge is 0.220 e. The Bertz CT molecular complexity index is 656. The summed E-state index contributed by atoms with van der Waals surface area (Å²) in [5, 5.41) is 3.70. The molecule has 0 aliphatic rings. The Morgan fingerprint density at radius 1 is 1.12 bits per heavy atom. The third-order valence-electron chi connectivity index (χ3n) is 3.42. The van der Waals surface area contributed by atoms with Crippen molar-refractivity contribution in [3.8, 4) is 5.75 Å². The van der Waals surface area contributed by atoms with Gasteiger partial charge in [-0.05, 0) is 68.0 Å². The predicted molar refractivity (Wildman–Crippen MR) is 105 cm³/mol. The van der Waals surface area contributed by atoms with E-state index >= 15 is 0 Å². The zero-order valence-corrected chi connectivity index (χ0v) is 16.2. The highest BCUT2D eigenvalue weighted by molar-refractivity contribution is 7.99. The number of carbonyl (C=O) groups excluding carboxylic acids is 1. The number of hydrogen-bond donors (Lipinski definition) is 1. The van der Waals surface area contributed by atoms with Gasteiger partial charge in [0.1, 0.15) is 5.75 Å². The van der Waals surface area contributed by atoms with Gasteiger partial charge in [-0.2, -0.15) is 0 Å². The van der Waals surface area contributed by atoms with Crippen molar-refractivity contribution in [1.82, 2.24) is 5.32 Å². The van der Waals surface area contributed by atoms with Crippen LogP contribution in [-0.4, -0.2) is 17.8 Å². The molecule has 0 heterocycles. The van der Waals surface area contributed by atoms with Crippen molar-refractivity contribution < 1.29 is 9.53 Å². The Balaban J connectivity index is 1.62. The summed E-state index contributed by atoms with van der Waals surface area (Å²) < 4.78 is 5.61. The van der Waals surface area contributed by atoms with Crippen LogP contribution in [0.4, 0.5) is 0 Å². The van der Waals surface area contributed by atoms with Crippen molar-refractivity contribution in [1.29, 1.82) is 0 Å². The van der Waals surface area contributed by atoms with Gasteiger partial charge in [-0.3, -0.25) is 4.79 Å². The number of carbonyl (C=O) groups is 1. The molecule has 2 aromatic carbocycles. The number of benzene rings is 2. The van der Waals surface area contributed by atoms with Crippen LogP contribution >= 0.6 is 23.4 Å². The molecule has 0 aliphatic carbocycles. The molecule has 1 N–H and O–H groups in total. The second-order valence-corrected chi connectivity index (χ2v) is 7.60. The number of halogens is 1. The van der Waals surface area contributed by atoms with Crippen LogP contribution in [0.2, 0.25) is 5.02 Å². The van der Waals surface area contributed by atoms with E-state index in [9.17, 15) is 4.79 Å². The first-order chi connectivity index (χ1) is 12.0. The predicted octanol–water partition coefficient (Wildman–Crippen LogP) is 5.32. The van der Waals surface area contributed by atoms with Gasteiger partial charge in [0.05, 0.1) is 6.10 Å². The van der Waals surface area contributed by atoms with Crippen LogP contribution in [0.25, 0.3) is 0 Å². The lowest BCUT2D eigenvalue weighted by molar-refractivity contribution is -0.121. The molecule has 2 rings (SSSR count). The highest BCUT2D eigenvalue weighted by atomic mass is 35.5. The van der Waals surface area contributed by atoms with Gasteiger partial charge in [0, 0.05) is 22.9 Å². The number of thioether (sulfide) groups is 1. The maximum Gasteiger partial charge on any atom is 0.220 e. The number of hydrogen-bond acceptors (Lipinski definition) is 3. The number of ether oxygens (including phenoxy) is 1. The molecule has 134 valence electrons. The van der Waals surface area contributed by atoms with Gasteiger partial charge in [0.25, 0.3) is 0 Å². The minimum absolute atomic E-state index is 0.0826. The van der Waals surface area contributed by atoms with Crippen molar-refractivity contribution in [3.63, 3.8) is 0 Å². The van der Waals surface area contributed by atoms with E-state index in [1.165, 1.54) is 4.90 Å². The average Bonchev–Trinajstić information content (AvgIpc) is 2.59. The van der Waals surface area contributed by atoms with Crippen LogP contribution in [0.3, 0.4) is 0 Å². The summed E-state index contributed by atoms with van der Waals surface area (Å²) in [7, 11) is 0. The third-order valence-corrected chi connectivity index (χ3v) is 4.77. The molecule has 0 saturated heterocycles. The van der Waals surface area contributed by atoms with Crippen molar-refractivity contribution in [2.75, 3.05) is 5.75 Å². The van der Waals surface area contributed by atoms with Crippen molar-refractivity contribution in [2.45, 2.75) is 44.2 Å². The number of rotatable bonds is 9. The summed E-state index contributed by atoms with van der Waals surface area (Å²) in [5.41, 5.74) is 1.07. The Kier molecular flexibility index (Phi) is 8.16. The summed E-state index contributed by atoms with van der Waals surface area (Å²) in [6.45, 7) is 4.55. The lowest BCUT2D eigenvalue weighted by Gasteiger charge is -2.10. The van der Waals surface area contributed by atoms with E-state index in [1.807, 2.05) is 62.4 Å². The highest BCUT2D eigenvalue weighted by Gasteiger charge is 2.03. The maximum atomic E-state index is 11.9. The van der Waals surface area contributed by atoms with E-state index in [0.29, 0.717) is 13.0 Å². The van der Waals surface area contributed by atoms with Crippen LogP contribution in [0, 0.1) is 0 Å². The lowest BCUT2D eigenvalue weighted by Crippen LogP contribution is -2.22. The van der Waals surface area contributed by atoms with Gasteiger partial charge in [0.15, 0.2) is 0 Å². The van der Waals surface area contributed by atoms with Crippen LogP contribution < -0.4 is 10.1 Å². The molecule has 0 fully saturated rings. The molecule has 0 saturated carbocycles. The first-order valence-corrected chi connectivity index (χ1v) is 9.80. The van der Waals surface area contributed by atoms with E-state index in [1.54, 1.807) is 11.8 Å². The third kappa shape index (κ3) is 7.84. The molecule has 0 aromatic heterocycles. The summed E-state index contributed by atoms with van der Waals surface area (Å²) in [6, 6.07) is 15.6. The molecule has 0 aliphatic heterocycles. The van der Waals surface area contributed by atoms with E-state index in [-0.39, 0.29) is 12.0 Å². The van der Waals surface area contributed by atoms with E-state index in [2.05, 4.69) is 5.32 Å². The van der Waals surface area contributed by atoms with E-state index < -0.39 is 0 Å². The van der Waals surface area contributed by atoms with Gasteiger partial charge in [-0.1, -0.05) is 23.7 Å². The van der Waals surface area contributed by atoms with Gasteiger partial charge >= 0.3 is 0 Å².